The number of nitrogens with zero attached hydrogens (tertiary/aromatic N) is 3. The van der Waals surface area contributed by atoms with Crippen LogP contribution in [0.2, 0.25) is 0 Å². The molecule has 1 N–H and O–H groups in total. The molecule has 0 saturated heterocycles. The van der Waals surface area contributed by atoms with E-state index in [2.05, 4.69) is 16.5 Å². The van der Waals surface area contributed by atoms with Crippen molar-refractivity contribution in [1.29, 1.82) is 5.26 Å². The van der Waals surface area contributed by atoms with E-state index in [1.54, 1.807) is 19.4 Å². The maximum Gasteiger partial charge on any atom is 0.0991 e. The number of anilines is 1. The fourth-order valence-corrected chi connectivity index (χ4v) is 1.72. The van der Waals surface area contributed by atoms with Gasteiger partial charge in [0.2, 0.25) is 0 Å². The summed E-state index contributed by atoms with van der Waals surface area (Å²) in [6.45, 7) is 2.05. The second-order valence-electron chi connectivity index (χ2n) is 4.15. The fourth-order valence-electron chi connectivity index (χ4n) is 1.72. The van der Waals surface area contributed by atoms with E-state index < -0.39 is 0 Å². The number of hydrogen-bond acceptors (Lipinski definition) is 4. The van der Waals surface area contributed by atoms with Crippen molar-refractivity contribution in [2.45, 2.75) is 13.1 Å². The lowest BCUT2D eigenvalue weighted by atomic mass is 10.1. The van der Waals surface area contributed by atoms with Crippen molar-refractivity contribution in [2.75, 3.05) is 19.0 Å². The van der Waals surface area contributed by atoms with Crippen LogP contribution in [0.1, 0.15) is 11.1 Å². The second-order valence-corrected chi connectivity index (χ2v) is 4.15. The van der Waals surface area contributed by atoms with Gasteiger partial charge in [0.05, 0.1) is 36.7 Å². The van der Waals surface area contributed by atoms with Crippen molar-refractivity contribution in [3.8, 4) is 6.07 Å². The third-order valence-corrected chi connectivity index (χ3v) is 2.71. The van der Waals surface area contributed by atoms with Gasteiger partial charge in [-0.3, -0.25) is 4.68 Å². The molecule has 1 aromatic heterocycles. The number of methoxy groups -OCH3 is 1. The number of hydrogen-bond donors (Lipinski definition) is 1. The fraction of sp³-hybridized carbons (Fsp3) is 0.286. The van der Waals surface area contributed by atoms with Gasteiger partial charge in [-0.05, 0) is 17.7 Å². The third-order valence-electron chi connectivity index (χ3n) is 2.71. The van der Waals surface area contributed by atoms with Crippen LogP contribution in [0.5, 0.6) is 0 Å². The van der Waals surface area contributed by atoms with E-state index in [0.717, 1.165) is 17.8 Å². The molecule has 5 heteroatoms. The van der Waals surface area contributed by atoms with Crippen LogP contribution in [-0.4, -0.2) is 23.5 Å². The summed E-state index contributed by atoms with van der Waals surface area (Å²) in [5, 5.41) is 16.3. The molecule has 1 aromatic carbocycles. The second kappa shape index (κ2) is 6.57. The van der Waals surface area contributed by atoms with Crippen molar-refractivity contribution in [3.63, 3.8) is 0 Å². The average Bonchev–Trinajstić information content (AvgIpc) is 2.91. The molecule has 0 saturated carbocycles. The lowest BCUT2D eigenvalue weighted by molar-refractivity contribution is 0.183. The predicted molar refractivity (Wildman–Crippen MR) is 72.6 cm³/mol. The average molecular weight is 256 g/mol. The number of ether oxygens (including phenoxy) is 1. The van der Waals surface area contributed by atoms with Crippen molar-refractivity contribution < 1.29 is 4.74 Å². The van der Waals surface area contributed by atoms with E-state index in [1.165, 1.54) is 0 Å². The first-order valence-corrected chi connectivity index (χ1v) is 6.06. The van der Waals surface area contributed by atoms with E-state index >= 15 is 0 Å². The van der Waals surface area contributed by atoms with Gasteiger partial charge in [-0.15, -0.1) is 0 Å². The summed E-state index contributed by atoms with van der Waals surface area (Å²) in [6, 6.07) is 9.69. The van der Waals surface area contributed by atoms with Crippen molar-refractivity contribution in [3.05, 3.63) is 47.8 Å². The lowest BCUT2D eigenvalue weighted by Gasteiger charge is -2.04. The molecular weight excluding hydrogens is 240 g/mol. The Morgan fingerprint density at radius 1 is 1.47 bits per heavy atom. The quantitative estimate of drug-likeness (QED) is 0.858. The summed E-state index contributed by atoms with van der Waals surface area (Å²) in [6.07, 6.45) is 3.72. The van der Waals surface area contributed by atoms with E-state index in [9.17, 15) is 0 Å². The zero-order valence-electron chi connectivity index (χ0n) is 10.8. The van der Waals surface area contributed by atoms with Gasteiger partial charge in [-0.2, -0.15) is 10.4 Å². The van der Waals surface area contributed by atoms with E-state index in [-0.39, 0.29) is 0 Å². The molecule has 0 atom stereocenters. The lowest BCUT2D eigenvalue weighted by Crippen LogP contribution is -2.04. The van der Waals surface area contributed by atoms with Crippen LogP contribution in [-0.2, 0) is 17.8 Å². The largest absolute Gasteiger partial charge is 0.383 e. The first kappa shape index (κ1) is 13.1. The van der Waals surface area contributed by atoms with Gasteiger partial charge in [0.1, 0.15) is 0 Å². The molecular formula is C14H16N4O. The molecule has 98 valence electrons. The molecule has 0 aliphatic rings. The van der Waals surface area contributed by atoms with Gasteiger partial charge in [0.25, 0.3) is 0 Å². The number of nitrogens with one attached hydrogen (secondary N) is 1. The molecule has 0 fully saturated rings. The van der Waals surface area contributed by atoms with Crippen LogP contribution in [0.15, 0.2) is 36.7 Å². The van der Waals surface area contributed by atoms with Crippen LogP contribution in [0.25, 0.3) is 0 Å². The van der Waals surface area contributed by atoms with Gasteiger partial charge in [0, 0.05) is 19.9 Å². The molecule has 0 aliphatic carbocycles. The summed E-state index contributed by atoms with van der Waals surface area (Å²) >= 11 is 0. The molecule has 1 heterocycles. The highest BCUT2D eigenvalue weighted by Crippen LogP contribution is 2.09. The van der Waals surface area contributed by atoms with Crippen molar-refractivity contribution in [1.82, 2.24) is 9.78 Å². The van der Waals surface area contributed by atoms with Crippen LogP contribution < -0.4 is 5.32 Å². The Balaban J connectivity index is 1.91. The Morgan fingerprint density at radius 3 is 3.16 bits per heavy atom. The first-order chi connectivity index (χ1) is 9.31. The molecule has 19 heavy (non-hydrogen) atoms. The van der Waals surface area contributed by atoms with Gasteiger partial charge in [-0.25, -0.2) is 0 Å². The zero-order valence-corrected chi connectivity index (χ0v) is 10.8. The highest BCUT2D eigenvalue weighted by molar-refractivity contribution is 5.40. The minimum absolute atomic E-state index is 0.644. The molecule has 2 aromatic rings. The van der Waals surface area contributed by atoms with Crippen LogP contribution in [0.4, 0.5) is 5.69 Å². The van der Waals surface area contributed by atoms with E-state index in [1.807, 2.05) is 29.1 Å². The highest BCUT2D eigenvalue weighted by atomic mass is 16.5. The van der Waals surface area contributed by atoms with Crippen molar-refractivity contribution in [2.24, 2.45) is 0 Å². The van der Waals surface area contributed by atoms with Crippen LogP contribution in [0.3, 0.4) is 0 Å². The van der Waals surface area contributed by atoms with Crippen molar-refractivity contribution >= 4 is 5.69 Å². The Kier molecular flexibility index (Phi) is 4.54. The standard InChI is InChI=1S/C14H16N4O/c1-19-6-5-18-11-14(10-17-18)16-9-13-4-2-3-12(7-13)8-15/h2-4,7,10-11,16H,5-6,9H2,1H3. The maximum atomic E-state index is 8.84. The Hall–Kier alpha value is -2.32. The summed E-state index contributed by atoms with van der Waals surface area (Å²) in [5.74, 6) is 0. The number of aromatic nitrogens is 2. The minimum Gasteiger partial charge on any atom is -0.383 e. The van der Waals surface area contributed by atoms with Gasteiger partial charge >= 0.3 is 0 Å². The molecule has 0 amide bonds. The molecule has 5 nitrogen and oxygen atoms in total. The summed E-state index contributed by atoms with van der Waals surface area (Å²) < 4.78 is 6.83. The molecule has 0 spiro atoms. The molecule has 2 rings (SSSR count). The van der Waals surface area contributed by atoms with Gasteiger partial charge < -0.3 is 10.1 Å². The Labute approximate surface area is 112 Å². The zero-order chi connectivity index (χ0) is 13.5. The summed E-state index contributed by atoms with van der Waals surface area (Å²) in [4.78, 5) is 0. The van der Waals surface area contributed by atoms with Crippen LogP contribution in [0, 0.1) is 11.3 Å². The Morgan fingerprint density at radius 2 is 2.37 bits per heavy atom. The summed E-state index contributed by atoms with van der Waals surface area (Å²) in [5.41, 5.74) is 2.71. The monoisotopic (exact) mass is 256 g/mol. The molecule has 0 bridgehead atoms. The molecule has 0 aliphatic heterocycles. The van der Waals surface area contributed by atoms with E-state index in [4.69, 9.17) is 10.00 Å². The third kappa shape index (κ3) is 3.83. The first-order valence-electron chi connectivity index (χ1n) is 6.06. The van der Waals surface area contributed by atoms with Crippen LogP contribution >= 0.6 is 0 Å². The SMILES string of the molecule is COCCn1cc(NCc2cccc(C#N)c2)cn1. The van der Waals surface area contributed by atoms with E-state index in [0.29, 0.717) is 18.7 Å². The number of nitriles is 1. The van der Waals surface area contributed by atoms with Gasteiger partial charge in [-0.1, -0.05) is 12.1 Å². The van der Waals surface area contributed by atoms with Gasteiger partial charge in [0.15, 0.2) is 0 Å². The molecule has 0 radical (unpaired) electrons. The predicted octanol–water partition coefficient (Wildman–Crippen LogP) is 2.01. The topological polar surface area (TPSA) is 62.9 Å². The smallest absolute Gasteiger partial charge is 0.0991 e. The number of benzene rings is 1. The minimum atomic E-state index is 0.644. The maximum absolute atomic E-state index is 8.84. The highest BCUT2D eigenvalue weighted by Gasteiger charge is 1.99. The Bertz CT molecular complexity index is 571. The summed E-state index contributed by atoms with van der Waals surface area (Å²) in [7, 11) is 1.67. The number of rotatable bonds is 6. The normalized spacial score (nSPS) is 10.1. The molecule has 0 unspecified atom stereocenters.